The molecule has 0 unspecified atom stereocenters. The second-order valence-electron chi connectivity index (χ2n) is 3.45. The summed E-state index contributed by atoms with van der Waals surface area (Å²) in [5, 5.41) is 0.703. The predicted octanol–water partition coefficient (Wildman–Crippen LogP) is 4.24. The average molecular weight is 283 g/mol. The molecule has 0 aromatic heterocycles. The van der Waals surface area contributed by atoms with Crippen molar-refractivity contribution in [2.24, 2.45) is 0 Å². The molecule has 1 aliphatic rings. The molecule has 1 saturated heterocycles. The van der Waals surface area contributed by atoms with Crippen molar-refractivity contribution in [2.75, 3.05) is 11.5 Å². The van der Waals surface area contributed by atoms with Crippen molar-refractivity contribution >= 4 is 47.0 Å². The Morgan fingerprint density at radius 2 is 1.82 bits per heavy atom. The number of allylic oxidation sites excluding steroid dienone is 2. The summed E-state index contributed by atoms with van der Waals surface area (Å²) in [6.07, 6.45) is 5.10. The molecule has 4 heteroatoms. The standard InChI is InChI=1S/C13H11ClOS2/c14-11-4-1-10(2-5-11)3-6-12(15)9-13-16-7-8-17-13/h1-6,9H,7-8H2/b6-3+. The van der Waals surface area contributed by atoms with Crippen molar-refractivity contribution in [3.8, 4) is 0 Å². The second kappa shape index (κ2) is 6.34. The van der Waals surface area contributed by atoms with E-state index in [2.05, 4.69) is 0 Å². The number of ketones is 1. The molecule has 0 amide bonds. The van der Waals surface area contributed by atoms with Gasteiger partial charge in [-0.25, -0.2) is 0 Å². The van der Waals surface area contributed by atoms with Gasteiger partial charge in [0.2, 0.25) is 0 Å². The van der Waals surface area contributed by atoms with Gasteiger partial charge in [0.25, 0.3) is 0 Å². The monoisotopic (exact) mass is 282 g/mol. The van der Waals surface area contributed by atoms with Crippen LogP contribution in [0.2, 0.25) is 5.02 Å². The third kappa shape index (κ3) is 4.26. The summed E-state index contributed by atoms with van der Waals surface area (Å²) >= 11 is 9.27. The number of carbonyl (C=O) groups is 1. The Labute approximate surface area is 114 Å². The van der Waals surface area contributed by atoms with Gasteiger partial charge in [0, 0.05) is 26.8 Å². The van der Waals surface area contributed by atoms with Crippen molar-refractivity contribution in [3.05, 3.63) is 51.2 Å². The molecule has 1 heterocycles. The Bertz CT molecular complexity index is 455. The minimum Gasteiger partial charge on any atom is -0.290 e. The van der Waals surface area contributed by atoms with Gasteiger partial charge in [-0.05, 0) is 23.8 Å². The van der Waals surface area contributed by atoms with E-state index in [1.54, 1.807) is 41.8 Å². The summed E-state index contributed by atoms with van der Waals surface area (Å²) in [5.74, 6) is 2.24. The van der Waals surface area contributed by atoms with Crippen molar-refractivity contribution < 1.29 is 4.79 Å². The zero-order valence-corrected chi connectivity index (χ0v) is 11.4. The first kappa shape index (κ1) is 12.8. The number of thioether (sulfide) groups is 2. The van der Waals surface area contributed by atoms with Gasteiger partial charge in [-0.2, -0.15) is 0 Å². The lowest BCUT2D eigenvalue weighted by molar-refractivity contribution is -0.110. The highest BCUT2D eigenvalue weighted by molar-refractivity contribution is 8.25. The van der Waals surface area contributed by atoms with Gasteiger partial charge in [-0.1, -0.05) is 29.8 Å². The fraction of sp³-hybridized carbons (Fsp3) is 0.154. The maximum atomic E-state index is 11.6. The van der Waals surface area contributed by atoms with Gasteiger partial charge in [-0.15, -0.1) is 23.5 Å². The van der Waals surface area contributed by atoms with Crippen LogP contribution in [0.15, 0.2) is 40.7 Å². The summed E-state index contributed by atoms with van der Waals surface area (Å²) in [5.41, 5.74) is 0.980. The molecule has 0 saturated carbocycles. The van der Waals surface area contributed by atoms with Crippen LogP contribution in [0.3, 0.4) is 0 Å². The first-order chi connectivity index (χ1) is 8.24. The largest absolute Gasteiger partial charge is 0.290 e. The van der Waals surface area contributed by atoms with E-state index >= 15 is 0 Å². The fourth-order valence-corrected chi connectivity index (χ4v) is 3.75. The van der Waals surface area contributed by atoms with Crippen molar-refractivity contribution in [3.63, 3.8) is 0 Å². The highest BCUT2D eigenvalue weighted by Gasteiger charge is 2.08. The summed E-state index contributed by atoms with van der Waals surface area (Å²) in [6.45, 7) is 0. The molecule has 0 bridgehead atoms. The van der Waals surface area contributed by atoms with E-state index in [1.165, 1.54) is 0 Å². The molecule has 1 nitrogen and oxygen atoms in total. The number of carbonyl (C=O) groups excluding carboxylic acids is 1. The minimum atomic E-state index is 0.0387. The second-order valence-corrected chi connectivity index (χ2v) is 6.42. The van der Waals surface area contributed by atoms with E-state index in [-0.39, 0.29) is 5.78 Å². The number of hydrogen-bond donors (Lipinski definition) is 0. The van der Waals surface area contributed by atoms with Crippen LogP contribution in [0.1, 0.15) is 5.56 Å². The van der Waals surface area contributed by atoms with E-state index in [0.717, 1.165) is 21.3 Å². The topological polar surface area (TPSA) is 17.1 Å². The lowest BCUT2D eigenvalue weighted by Crippen LogP contribution is -1.85. The highest BCUT2D eigenvalue weighted by Crippen LogP contribution is 2.35. The molecule has 0 spiro atoms. The third-order valence-corrected chi connectivity index (χ3v) is 4.98. The maximum Gasteiger partial charge on any atom is 0.180 e. The predicted molar refractivity (Wildman–Crippen MR) is 78.5 cm³/mol. The summed E-state index contributed by atoms with van der Waals surface area (Å²) in [7, 11) is 0. The number of benzene rings is 1. The molecular weight excluding hydrogens is 272 g/mol. The van der Waals surface area contributed by atoms with Crippen LogP contribution in [0, 0.1) is 0 Å². The smallest absolute Gasteiger partial charge is 0.180 e. The van der Waals surface area contributed by atoms with Crippen molar-refractivity contribution in [1.29, 1.82) is 0 Å². The third-order valence-electron chi connectivity index (χ3n) is 2.14. The molecule has 1 aromatic carbocycles. The van der Waals surface area contributed by atoms with Crippen LogP contribution in [0.25, 0.3) is 6.08 Å². The molecule has 0 N–H and O–H groups in total. The lowest BCUT2D eigenvalue weighted by Gasteiger charge is -1.93. The van der Waals surface area contributed by atoms with E-state index < -0.39 is 0 Å². The first-order valence-corrected chi connectivity index (χ1v) is 7.54. The van der Waals surface area contributed by atoms with Gasteiger partial charge in [0.1, 0.15) is 0 Å². The van der Waals surface area contributed by atoms with Crippen LogP contribution in [0.5, 0.6) is 0 Å². The molecule has 0 radical (unpaired) electrons. The Morgan fingerprint density at radius 1 is 1.18 bits per heavy atom. The van der Waals surface area contributed by atoms with E-state index in [1.807, 2.05) is 24.3 Å². The maximum absolute atomic E-state index is 11.6. The normalized spacial score (nSPS) is 15.5. The van der Waals surface area contributed by atoms with Crippen LogP contribution < -0.4 is 0 Å². The Morgan fingerprint density at radius 3 is 2.47 bits per heavy atom. The Balaban J connectivity index is 1.98. The zero-order chi connectivity index (χ0) is 12.1. The van der Waals surface area contributed by atoms with Gasteiger partial charge in [0.15, 0.2) is 5.78 Å². The number of halogens is 1. The first-order valence-electron chi connectivity index (χ1n) is 5.19. The number of hydrogen-bond acceptors (Lipinski definition) is 3. The lowest BCUT2D eigenvalue weighted by atomic mass is 10.2. The fourth-order valence-electron chi connectivity index (χ4n) is 1.33. The van der Waals surface area contributed by atoms with Crippen molar-refractivity contribution in [2.45, 2.75) is 0 Å². The number of rotatable bonds is 3. The summed E-state index contributed by atoms with van der Waals surface area (Å²) in [6, 6.07) is 7.40. The van der Waals surface area contributed by atoms with E-state index in [9.17, 15) is 4.79 Å². The highest BCUT2D eigenvalue weighted by atomic mass is 35.5. The molecule has 17 heavy (non-hydrogen) atoms. The molecule has 1 fully saturated rings. The van der Waals surface area contributed by atoms with Crippen molar-refractivity contribution in [1.82, 2.24) is 0 Å². The van der Waals surface area contributed by atoms with Crippen LogP contribution >= 0.6 is 35.1 Å². The summed E-state index contributed by atoms with van der Waals surface area (Å²) < 4.78 is 1.12. The molecule has 0 aliphatic carbocycles. The zero-order valence-electron chi connectivity index (χ0n) is 9.06. The van der Waals surface area contributed by atoms with Crippen LogP contribution in [-0.2, 0) is 4.79 Å². The minimum absolute atomic E-state index is 0.0387. The molecule has 1 aliphatic heterocycles. The van der Waals surface area contributed by atoms with E-state index in [0.29, 0.717) is 5.02 Å². The average Bonchev–Trinajstić information content (AvgIpc) is 2.81. The Hall–Kier alpha value is -0.640. The van der Waals surface area contributed by atoms with Crippen LogP contribution in [0.4, 0.5) is 0 Å². The quantitative estimate of drug-likeness (QED) is 0.772. The molecule has 0 atom stereocenters. The van der Waals surface area contributed by atoms with Gasteiger partial charge < -0.3 is 0 Å². The Kier molecular flexibility index (Phi) is 4.77. The van der Waals surface area contributed by atoms with Gasteiger partial charge in [0.05, 0.1) is 0 Å². The molecule has 2 rings (SSSR count). The van der Waals surface area contributed by atoms with Gasteiger partial charge >= 0.3 is 0 Å². The van der Waals surface area contributed by atoms with E-state index in [4.69, 9.17) is 11.6 Å². The van der Waals surface area contributed by atoms with Gasteiger partial charge in [-0.3, -0.25) is 4.79 Å². The van der Waals surface area contributed by atoms with Crippen LogP contribution in [-0.4, -0.2) is 17.3 Å². The molecule has 1 aromatic rings. The molecule has 88 valence electrons. The molecular formula is C13H11ClOS2. The SMILES string of the molecule is O=C(C=C1SCCS1)/C=C/c1ccc(Cl)cc1. The summed E-state index contributed by atoms with van der Waals surface area (Å²) in [4.78, 5) is 11.6.